The summed E-state index contributed by atoms with van der Waals surface area (Å²) in [5.41, 5.74) is 0.571. The molecule has 0 fully saturated rings. The molecule has 0 radical (unpaired) electrons. The molecule has 0 bridgehead atoms. The quantitative estimate of drug-likeness (QED) is 0.552. The van der Waals surface area contributed by atoms with Gasteiger partial charge in [0.2, 0.25) is 0 Å². The molecule has 1 aromatic rings. The van der Waals surface area contributed by atoms with Crippen LogP contribution in [0.25, 0.3) is 0 Å². The van der Waals surface area contributed by atoms with Gasteiger partial charge in [-0.25, -0.2) is 0 Å². The van der Waals surface area contributed by atoms with E-state index in [-0.39, 0.29) is 11.2 Å². The number of aliphatic hydroxyl groups is 1. The van der Waals surface area contributed by atoms with Gasteiger partial charge in [0.1, 0.15) is 11.9 Å². The van der Waals surface area contributed by atoms with Crippen molar-refractivity contribution in [3.05, 3.63) is 41.7 Å². The zero-order valence-electron chi connectivity index (χ0n) is 10.2. The molecule has 1 atom stereocenters. The molecule has 0 saturated heterocycles. The van der Waals surface area contributed by atoms with E-state index >= 15 is 0 Å². The van der Waals surface area contributed by atoms with Crippen molar-refractivity contribution in [2.75, 3.05) is 0 Å². The van der Waals surface area contributed by atoms with Crippen molar-refractivity contribution in [3.8, 4) is 5.75 Å². The third kappa shape index (κ3) is 1.93. The summed E-state index contributed by atoms with van der Waals surface area (Å²) in [5.74, 6) is 0.428. The largest absolute Gasteiger partial charge is 0.515 e. The topological polar surface area (TPSA) is 46.5 Å². The number of ketones is 1. The summed E-state index contributed by atoms with van der Waals surface area (Å²) in [6.45, 7) is 5.92. The van der Waals surface area contributed by atoms with E-state index < -0.39 is 6.10 Å². The lowest BCUT2D eigenvalue weighted by molar-refractivity contribution is 0.0782. The highest BCUT2D eigenvalue weighted by atomic mass is 16.5. The summed E-state index contributed by atoms with van der Waals surface area (Å²) >= 11 is 0. The van der Waals surface area contributed by atoms with Crippen LogP contribution in [0.15, 0.2) is 36.1 Å². The van der Waals surface area contributed by atoms with E-state index in [1.165, 1.54) is 0 Å². The molecule has 1 aromatic carbocycles. The third-order valence-electron chi connectivity index (χ3n) is 2.85. The van der Waals surface area contributed by atoms with Gasteiger partial charge in [-0.2, -0.15) is 0 Å². The van der Waals surface area contributed by atoms with Gasteiger partial charge in [0.05, 0.1) is 17.4 Å². The standard InChI is InChI=1S/C14H16O3/c1-14(2,3)13-10(8-15)12(16)9-6-4-5-7-11(9)17-13/h4-8,13,15H,1-3H3/b10-8+. The van der Waals surface area contributed by atoms with E-state index in [0.29, 0.717) is 16.9 Å². The minimum absolute atomic E-state index is 0.158. The van der Waals surface area contributed by atoms with Gasteiger partial charge in [0.15, 0.2) is 5.78 Å². The first kappa shape index (κ1) is 11.7. The van der Waals surface area contributed by atoms with Crippen molar-refractivity contribution in [3.63, 3.8) is 0 Å². The van der Waals surface area contributed by atoms with E-state index in [1.54, 1.807) is 18.2 Å². The summed E-state index contributed by atoms with van der Waals surface area (Å²) in [5, 5.41) is 9.26. The van der Waals surface area contributed by atoms with Crippen LogP contribution in [0.3, 0.4) is 0 Å². The Morgan fingerprint density at radius 1 is 1.29 bits per heavy atom. The molecule has 3 nitrogen and oxygen atoms in total. The Morgan fingerprint density at radius 2 is 1.94 bits per heavy atom. The number of hydrogen-bond donors (Lipinski definition) is 1. The SMILES string of the molecule is CC(C)(C)C1Oc2ccccc2C(=O)/C1=C\O. The monoisotopic (exact) mass is 232 g/mol. The van der Waals surface area contributed by atoms with E-state index in [9.17, 15) is 9.90 Å². The number of aliphatic hydroxyl groups excluding tert-OH is 1. The van der Waals surface area contributed by atoms with Gasteiger partial charge in [0, 0.05) is 5.41 Å². The van der Waals surface area contributed by atoms with Crippen LogP contribution in [0.2, 0.25) is 0 Å². The first-order chi connectivity index (χ1) is 7.95. The fraction of sp³-hybridized carbons (Fsp3) is 0.357. The molecule has 1 N–H and O–H groups in total. The van der Waals surface area contributed by atoms with Crippen LogP contribution in [0.5, 0.6) is 5.75 Å². The number of ether oxygens (including phenoxy) is 1. The van der Waals surface area contributed by atoms with Crippen molar-refractivity contribution >= 4 is 5.78 Å². The van der Waals surface area contributed by atoms with Crippen LogP contribution in [-0.2, 0) is 0 Å². The maximum atomic E-state index is 12.2. The molecule has 0 spiro atoms. The van der Waals surface area contributed by atoms with Gasteiger partial charge in [-0.3, -0.25) is 4.79 Å². The molecule has 1 heterocycles. The van der Waals surface area contributed by atoms with Crippen molar-refractivity contribution in [1.29, 1.82) is 0 Å². The van der Waals surface area contributed by atoms with E-state index in [4.69, 9.17) is 4.74 Å². The second-order valence-corrected chi connectivity index (χ2v) is 5.27. The first-order valence-electron chi connectivity index (χ1n) is 5.60. The van der Waals surface area contributed by atoms with Gasteiger partial charge in [-0.15, -0.1) is 0 Å². The number of rotatable bonds is 0. The number of benzene rings is 1. The Labute approximate surface area is 101 Å². The fourth-order valence-corrected chi connectivity index (χ4v) is 1.99. The second-order valence-electron chi connectivity index (χ2n) is 5.27. The van der Waals surface area contributed by atoms with E-state index in [1.807, 2.05) is 26.8 Å². The molecule has 1 aliphatic heterocycles. The molecular formula is C14H16O3. The maximum Gasteiger partial charge on any atom is 0.199 e. The Balaban J connectivity index is 2.53. The Bertz CT molecular complexity index is 480. The molecule has 0 saturated carbocycles. The fourth-order valence-electron chi connectivity index (χ4n) is 1.99. The highest BCUT2D eigenvalue weighted by Gasteiger charge is 2.39. The average molecular weight is 232 g/mol. The summed E-state index contributed by atoms with van der Waals surface area (Å²) in [6.07, 6.45) is 0.448. The van der Waals surface area contributed by atoms with Gasteiger partial charge in [-0.05, 0) is 12.1 Å². The second kappa shape index (κ2) is 3.91. The molecule has 0 aromatic heterocycles. The van der Waals surface area contributed by atoms with E-state index in [0.717, 1.165) is 6.26 Å². The number of carbonyl (C=O) groups is 1. The average Bonchev–Trinajstić information content (AvgIpc) is 2.28. The predicted octanol–water partition coefficient (Wildman–Crippen LogP) is 3.12. The molecular weight excluding hydrogens is 216 g/mol. The van der Waals surface area contributed by atoms with Gasteiger partial charge in [0.25, 0.3) is 0 Å². The number of para-hydroxylation sites is 1. The van der Waals surface area contributed by atoms with Crippen LogP contribution in [-0.4, -0.2) is 17.0 Å². The minimum atomic E-state index is -0.421. The summed E-state index contributed by atoms with van der Waals surface area (Å²) in [6, 6.07) is 7.10. The smallest absolute Gasteiger partial charge is 0.199 e. The number of carbonyl (C=O) groups excluding carboxylic acids is 1. The zero-order valence-corrected chi connectivity index (χ0v) is 10.2. The lowest BCUT2D eigenvalue weighted by Crippen LogP contribution is -2.40. The lowest BCUT2D eigenvalue weighted by Gasteiger charge is -2.35. The van der Waals surface area contributed by atoms with Crippen molar-refractivity contribution in [2.45, 2.75) is 26.9 Å². The Kier molecular flexibility index (Phi) is 2.69. The zero-order chi connectivity index (χ0) is 12.6. The van der Waals surface area contributed by atoms with Crippen molar-refractivity contribution in [1.82, 2.24) is 0 Å². The lowest BCUT2D eigenvalue weighted by atomic mass is 9.80. The van der Waals surface area contributed by atoms with Crippen molar-refractivity contribution in [2.24, 2.45) is 5.41 Å². The third-order valence-corrected chi connectivity index (χ3v) is 2.85. The molecule has 1 unspecified atom stereocenters. The Morgan fingerprint density at radius 3 is 2.53 bits per heavy atom. The van der Waals surface area contributed by atoms with Crippen LogP contribution < -0.4 is 4.74 Å². The number of fused-ring (bicyclic) bond motifs is 1. The van der Waals surface area contributed by atoms with Crippen LogP contribution in [0.1, 0.15) is 31.1 Å². The molecule has 0 aliphatic carbocycles. The molecule has 0 amide bonds. The summed E-state index contributed by atoms with van der Waals surface area (Å²) in [7, 11) is 0. The minimum Gasteiger partial charge on any atom is -0.515 e. The van der Waals surface area contributed by atoms with Gasteiger partial charge < -0.3 is 9.84 Å². The summed E-state index contributed by atoms with van der Waals surface area (Å²) in [4.78, 5) is 12.2. The van der Waals surface area contributed by atoms with Gasteiger partial charge >= 0.3 is 0 Å². The molecule has 3 heteroatoms. The normalized spacial score (nSPS) is 22.2. The highest BCUT2D eigenvalue weighted by Crippen LogP contribution is 2.37. The van der Waals surface area contributed by atoms with Gasteiger partial charge in [-0.1, -0.05) is 32.9 Å². The molecule has 17 heavy (non-hydrogen) atoms. The van der Waals surface area contributed by atoms with Crippen LogP contribution >= 0.6 is 0 Å². The molecule has 1 aliphatic rings. The summed E-state index contributed by atoms with van der Waals surface area (Å²) < 4.78 is 5.82. The Hall–Kier alpha value is -1.77. The van der Waals surface area contributed by atoms with Crippen LogP contribution in [0.4, 0.5) is 0 Å². The molecule has 90 valence electrons. The number of hydrogen-bond acceptors (Lipinski definition) is 3. The highest BCUT2D eigenvalue weighted by molar-refractivity contribution is 6.12. The van der Waals surface area contributed by atoms with Crippen LogP contribution in [0, 0.1) is 5.41 Å². The van der Waals surface area contributed by atoms with Crippen molar-refractivity contribution < 1.29 is 14.6 Å². The first-order valence-corrected chi connectivity index (χ1v) is 5.60. The predicted molar refractivity (Wildman–Crippen MR) is 65.4 cm³/mol. The molecule has 2 rings (SSSR count). The van der Waals surface area contributed by atoms with E-state index in [2.05, 4.69) is 0 Å². The maximum absolute atomic E-state index is 12.2. The number of Topliss-reactive ketones (excluding diaryl/α,β-unsaturated/α-hetero) is 1.